The fourth-order valence-electron chi connectivity index (χ4n) is 1.71. The molecule has 2 aromatic rings. The second-order valence-corrected chi connectivity index (χ2v) is 3.87. The lowest BCUT2D eigenvalue weighted by Gasteiger charge is -2.05. The molecule has 1 heterocycles. The molecule has 0 bridgehead atoms. The van der Waals surface area contributed by atoms with Gasteiger partial charge in [-0.05, 0) is 25.1 Å². The Morgan fingerprint density at radius 2 is 2.16 bits per heavy atom. The first kappa shape index (κ1) is 13.1. The van der Waals surface area contributed by atoms with Gasteiger partial charge in [0.15, 0.2) is 6.80 Å². The number of carbonyl (C=O) groups is 1. The lowest BCUT2D eigenvalue weighted by atomic mass is 10.1. The predicted molar refractivity (Wildman–Crippen MR) is 70.1 cm³/mol. The van der Waals surface area contributed by atoms with E-state index in [1.54, 1.807) is 19.1 Å². The number of fused-ring (bicyclic) bond motifs is 1. The third-order valence-corrected chi connectivity index (χ3v) is 2.59. The Balaban J connectivity index is 2.49. The fraction of sp³-hybridized carbons (Fsp3) is 0.231. The first-order valence-electron chi connectivity index (χ1n) is 5.81. The molecule has 1 amide bonds. The third-order valence-electron chi connectivity index (χ3n) is 2.59. The molecule has 19 heavy (non-hydrogen) atoms. The number of alkyl halides is 1. The Bertz CT molecular complexity index is 666. The van der Waals surface area contributed by atoms with Crippen molar-refractivity contribution in [2.45, 2.75) is 6.92 Å². The van der Waals surface area contributed by atoms with Crippen molar-refractivity contribution in [1.29, 1.82) is 0 Å². The highest BCUT2D eigenvalue weighted by atomic mass is 19.1. The smallest absolute Gasteiger partial charge is 0.349 e. The molecule has 0 radical (unpaired) electrons. The summed E-state index contributed by atoms with van der Waals surface area (Å²) >= 11 is 0. The Hall–Kier alpha value is -2.37. The van der Waals surface area contributed by atoms with E-state index in [2.05, 4.69) is 10.6 Å². The number of hydrogen-bond acceptors (Lipinski definition) is 4. The summed E-state index contributed by atoms with van der Waals surface area (Å²) in [6.45, 7) is 1.47. The van der Waals surface area contributed by atoms with E-state index in [1.807, 2.05) is 0 Å². The van der Waals surface area contributed by atoms with Crippen LogP contribution in [0.3, 0.4) is 0 Å². The largest absolute Gasteiger partial charge is 0.422 e. The van der Waals surface area contributed by atoms with Crippen LogP contribution in [0.4, 0.5) is 10.1 Å². The topological polar surface area (TPSA) is 71.3 Å². The van der Waals surface area contributed by atoms with E-state index in [0.717, 1.165) is 0 Å². The molecule has 0 saturated carbocycles. The third kappa shape index (κ3) is 2.73. The van der Waals surface area contributed by atoms with Crippen molar-refractivity contribution in [3.63, 3.8) is 0 Å². The van der Waals surface area contributed by atoms with Gasteiger partial charge >= 0.3 is 5.63 Å². The van der Waals surface area contributed by atoms with Crippen LogP contribution in [-0.4, -0.2) is 19.3 Å². The summed E-state index contributed by atoms with van der Waals surface area (Å²) in [5.74, 6) is -0.468. The van der Waals surface area contributed by atoms with Gasteiger partial charge in [0.05, 0.1) is 0 Å². The first-order valence-corrected chi connectivity index (χ1v) is 5.81. The summed E-state index contributed by atoms with van der Waals surface area (Å²) < 4.78 is 17.2. The molecule has 5 nitrogen and oxygen atoms in total. The molecule has 2 N–H and O–H groups in total. The van der Waals surface area contributed by atoms with Crippen molar-refractivity contribution in [3.8, 4) is 0 Å². The maximum absolute atomic E-state index is 12.2. The van der Waals surface area contributed by atoms with Crippen molar-refractivity contribution in [2.75, 3.05) is 18.7 Å². The van der Waals surface area contributed by atoms with E-state index < -0.39 is 18.3 Å². The first-order chi connectivity index (χ1) is 9.15. The molecule has 2 rings (SSSR count). The van der Waals surface area contributed by atoms with Gasteiger partial charge in [0.25, 0.3) is 5.91 Å². The molecular weight excluding hydrogens is 251 g/mol. The van der Waals surface area contributed by atoms with Crippen LogP contribution < -0.4 is 16.3 Å². The van der Waals surface area contributed by atoms with Crippen LogP contribution in [0.25, 0.3) is 11.0 Å². The Morgan fingerprint density at radius 1 is 1.37 bits per heavy atom. The predicted octanol–water partition coefficient (Wildman–Crippen LogP) is 1.88. The number of carbonyl (C=O) groups excluding carboxylic acids is 1. The standard InChI is InChI=1S/C13H13FN2O3/c1-2-15-12(17)10-5-8-3-4-9(16-7-14)6-11(8)19-13(10)18/h3-6,16H,2,7H2,1H3,(H,15,17). The maximum Gasteiger partial charge on any atom is 0.349 e. The highest BCUT2D eigenvalue weighted by molar-refractivity contribution is 5.96. The normalized spacial score (nSPS) is 10.4. The van der Waals surface area contributed by atoms with Gasteiger partial charge in [-0.15, -0.1) is 0 Å². The van der Waals surface area contributed by atoms with Gasteiger partial charge in [-0.25, -0.2) is 9.18 Å². The molecule has 0 aliphatic carbocycles. The molecule has 1 aromatic carbocycles. The van der Waals surface area contributed by atoms with Gasteiger partial charge in [-0.3, -0.25) is 4.79 Å². The van der Waals surface area contributed by atoms with Crippen LogP contribution in [0.1, 0.15) is 17.3 Å². The zero-order valence-corrected chi connectivity index (χ0v) is 10.3. The summed E-state index contributed by atoms with van der Waals surface area (Å²) in [4.78, 5) is 23.3. The summed E-state index contributed by atoms with van der Waals surface area (Å²) in [6.07, 6.45) is 0. The molecule has 0 fully saturated rings. The zero-order chi connectivity index (χ0) is 13.8. The Morgan fingerprint density at radius 3 is 2.84 bits per heavy atom. The Kier molecular flexibility index (Phi) is 3.79. The highest BCUT2D eigenvalue weighted by Gasteiger charge is 2.12. The molecular formula is C13H13FN2O3. The molecule has 0 spiro atoms. The molecule has 0 aliphatic rings. The molecule has 1 aromatic heterocycles. The minimum absolute atomic E-state index is 0.0412. The number of hydrogen-bond donors (Lipinski definition) is 2. The number of halogens is 1. The van der Waals surface area contributed by atoms with Gasteiger partial charge in [0, 0.05) is 23.7 Å². The molecule has 0 atom stereocenters. The van der Waals surface area contributed by atoms with Crippen molar-refractivity contribution >= 4 is 22.6 Å². The maximum atomic E-state index is 12.2. The lowest BCUT2D eigenvalue weighted by Crippen LogP contribution is -2.27. The second kappa shape index (κ2) is 5.51. The highest BCUT2D eigenvalue weighted by Crippen LogP contribution is 2.18. The van der Waals surface area contributed by atoms with Crippen LogP contribution in [0, 0.1) is 0 Å². The van der Waals surface area contributed by atoms with Crippen LogP contribution in [0.5, 0.6) is 0 Å². The van der Waals surface area contributed by atoms with Gasteiger partial charge in [-0.1, -0.05) is 0 Å². The van der Waals surface area contributed by atoms with Crippen LogP contribution in [0.15, 0.2) is 33.5 Å². The molecule has 0 aliphatic heterocycles. The van der Waals surface area contributed by atoms with Crippen molar-refractivity contribution in [3.05, 3.63) is 40.2 Å². The van der Waals surface area contributed by atoms with E-state index in [-0.39, 0.29) is 5.56 Å². The minimum Gasteiger partial charge on any atom is -0.422 e. The quantitative estimate of drug-likeness (QED) is 0.653. The van der Waals surface area contributed by atoms with Gasteiger partial charge in [-0.2, -0.15) is 0 Å². The molecule has 0 unspecified atom stereocenters. The monoisotopic (exact) mass is 264 g/mol. The lowest BCUT2D eigenvalue weighted by molar-refractivity contribution is 0.0952. The summed E-state index contributed by atoms with van der Waals surface area (Å²) in [5.41, 5.74) is 0.0526. The Labute approximate surface area is 108 Å². The van der Waals surface area contributed by atoms with E-state index in [0.29, 0.717) is 23.2 Å². The molecule has 6 heteroatoms. The SMILES string of the molecule is CCNC(=O)c1cc2ccc(NCF)cc2oc1=O. The van der Waals surface area contributed by atoms with Crippen molar-refractivity contribution in [1.82, 2.24) is 5.32 Å². The number of anilines is 1. The number of amides is 1. The van der Waals surface area contributed by atoms with Crippen molar-refractivity contribution in [2.24, 2.45) is 0 Å². The average Bonchev–Trinajstić information content (AvgIpc) is 2.38. The minimum atomic E-state index is -0.716. The second-order valence-electron chi connectivity index (χ2n) is 3.87. The van der Waals surface area contributed by atoms with Crippen LogP contribution in [-0.2, 0) is 0 Å². The van der Waals surface area contributed by atoms with Gasteiger partial charge in [0.1, 0.15) is 11.1 Å². The van der Waals surface area contributed by atoms with Crippen LogP contribution >= 0.6 is 0 Å². The zero-order valence-electron chi connectivity index (χ0n) is 10.3. The van der Waals surface area contributed by atoms with Crippen molar-refractivity contribution < 1.29 is 13.6 Å². The van der Waals surface area contributed by atoms with E-state index in [4.69, 9.17) is 4.42 Å². The van der Waals surface area contributed by atoms with Gasteiger partial charge < -0.3 is 15.1 Å². The summed E-state index contributed by atoms with van der Waals surface area (Å²) in [5, 5.41) is 5.61. The van der Waals surface area contributed by atoms with E-state index in [9.17, 15) is 14.0 Å². The van der Waals surface area contributed by atoms with E-state index >= 15 is 0 Å². The summed E-state index contributed by atoms with van der Waals surface area (Å²) in [7, 11) is 0. The number of rotatable bonds is 4. The van der Waals surface area contributed by atoms with E-state index in [1.165, 1.54) is 12.1 Å². The average molecular weight is 264 g/mol. The molecule has 100 valence electrons. The summed E-state index contributed by atoms with van der Waals surface area (Å²) in [6, 6.07) is 6.27. The van der Waals surface area contributed by atoms with Gasteiger partial charge in [0.2, 0.25) is 0 Å². The number of benzene rings is 1. The fourth-order valence-corrected chi connectivity index (χ4v) is 1.71. The number of nitrogens with one attached hydrogen (secondary N) is 2. The molecule has 0 saturated heterocycles. The van der Waals surface area contributed by atoms with Crippen LogP contribution in [0.2, 0.25) is 0 Å².